The molecule has 0 amide bonds. The van der Waals surface area contributed by atoms with E-state index in [0.717, 1.165) is 12.3 Å². The SMILES string of the molecule is COC(=O)c1nc(-c2ccc([Si](C)(C)C)cc2F)c(F)c(N)c1OC. The fraction of sp³-hybridized carbons (Fsp3) is 0.294. The monoisotopic (exact) mass is 366 g/mol. The first kappa shape index (κ1) is 18.8. The summed E-state index contributed by atoms with van der Waals surface area (Å²) in [5.41, 5.74) is 4.52. The van der Waals surface area contributed by atoms with Crippen LogP contribution in [0.15, 0.2) is 18.2 Å². The number of pyridine rings is 1. The van der Waals surface area contributed by atoms with Gasteiger partial charge in [0, 0.05) is 5.56 Å². The number of benzene rings is 1. The molecule has 2 rings (SSSR count). The second kappa shape index (κ2) is 6.79. The molecule has 25 heavy (non-hydrogen) atoms. The normalized spacial score (nSPS) is 11.3. The quantitative estimate of drug-likeness (QED) is 0.665. The van der Waals surface area contributed by atoms with Crippen LogP contribution in [0.2, 0.25) is 19.6 Å². The molecule has 0 aliphatic rings. The zero-order chi connectivity index (χ0) is 18.9. The van der Waals surface area contributed by atoms with Crippen molar-refractivity contribution in [3.05, 3.63) is 35.5 Å². The van der Waals surface area contributed by atoms with Crippen molar-refractivity contribution in [3.63, 3.8) is 0 Å². The first-order valence-electron chi connectivity index (χ1n) is 7.53. The van der Waals surface area contributed by atoms with E-state index in [0.29, 0.717) is 0 Å². The van der Waals surface area contributed by atoms with Crippen LogP contribution in [0.25, 0.3) is 11.3 Å². The second-order valence-electron chi connectivity index (χ2n) is 6.51. The number of halogens is 2. The van der Waals surface area contributed by atoms with E-state index in [-0.39, 0.29) is 22.7 Å². The lowest BCUT2D eigenvalue weighted by molar-refractivity contribution is 0.0590. The smallest absolute Gasteiger partial charge is 0.360 e. The maximum atomic E-state index is 14.6. The van der Waals surface area contributed by atoms with E-state index in [1.54, 1.807) is 6.07 Å². The number of nitrogens with zero attached hydrogens (tertiary/aromatic N) is 1. The molecule has 0 aliphatic carbocycles. The summed E-state index contributed by atoms with van der Waals surface area (Å²) in [6, 6.07) is 4.56. The zero-order valence-corrected chi connectivity index (χ0v) is 15.7. The third-order valence-corrected chi connectivity index (χ3v) is 5.84. The van der Waals surface area contributed by atoms with E-state index < -0.39 is 31.4 Å². The highest BCUT2D eigenvalue weighted by Gasteiger charge is 2.26. The summed E-state index contributed by atoms with van der Waals surface area (Å²) in [6.45, 7) is 6.21. The van der Waals surface area contributed by atoms with E-state index in [1.165, 1.54) is 19.2 Å². The number of anilines is 1. The van der Waals surface area contributed by atoms with Gasteiger partial charge >= 0.3 is 5.97 Å². The molecule has 0 saturated carbocycles. The molecular weight excluding hydrogens is 346 g/mol. The van der Waals surface area contributed by atoms with Gasteiger partial charge in [-0.25, -0.2) is 18.6 Å². The van der Waals surface area contributed by atoms with Crippen LogP contribution in [0, 0.1) is 11.6 Å². The highest BCUT2D eigenvalue weighted by molar-refractivity contribution is 6.88. The fourth-order valence-corrected chi connectivity index (χ4v) is 3.50. The number of esters is 1. The van der Waals surface area contributed by atoms with Crippen molar-refractivity contribution in [1.82, 2.24) is 4.98 Å². The first-order chi connectivity index (χ1) is 11.6. The third-order valence-electron chi connectivity index (χ3n) is 3.80. The van der Waals surface area contributed by atoms with Gasteiger partial charge in [0.2, 0.25) is 0 Å². The number of carbonyl (C=O) groups excluding carboxylic acids is 1. The lowest BCUT2D eigenvalue weighted by atomic mass is 10.1. The molecular formula is C17H20F2N2O3Si. The minimum atomic E-state index is -1.74. The van der Waals surface area contributed by atoms with Crippen LogP contribution in [0.1, 0.15) is 10.5 Å². The van der Waals surface area contributed by atoms with Gasteiger partial charge < -0.3 is 15.2 Å². The number of hydrogen-bond donors (Lipinski definition) is 1. The summed E-state index contributed by atoms with van der Waals surface area (Å²) in [5, 5.41) is 0.879. The number of methoxy groups -OCH3 is 2. The summed E-state index contributed by atoms with van der Waals surface area (Å²) in [7, 11) is 0.634. The third kappa shape index (κ3) is 3.48. The van der Waals surface area contributed by atoms with E-state index >= 15 is 0 Å². The summed E-state index contributed by atoms with van der Waals surface area (Å²) in [6.07, 6.45) is 0. The molecule has 5 nitrogen and oxygen atoms in total. The molecule has 0 atom stereocenters. The standard InChI is InChI=1S/C17H20F2N2O3Si/c1-23-16-13(20)12(19)14(21-15(16)17(22)24-2)10-7-6-9(8-11(10)18)25(3,4)5/h6-8H,1-5H3,(H2,20,21). The van der Waals surface area contributed by atoms with Gasteiger partial charge in [-0.1, -0.05) is 30.9 Å². The van der Waals surface area contributed by atoms with Gasteiger partial charge in [0.15, 0.2) is 17.3 Å². The number of carbonyl (C=O) groups is 1. The van der Waals surface area contributed by atoms with Crippen LogP contribution in [-0.2, 0) is 4.74 Å². The van der Waals surface area contributed by atoms with Crippen LogP contribution in [-0.4, -0.2) is 33.2 Å². The van der Waals surface area contributed by atoms with Gasteiger partial charge in [-0.3, -0.25) is 0 Å². The first-order valence-corrected chi connectivity index (χ1v) is 11.0. The molecule has 0 radical (unpaired) electrons. The number of rotatable bonds is 4. The van der Waals surface area contributed by atoms with Crippen LogP contribution >= 0.6 is 0 Å². The van der Waals surface area contributed by atoms with Crippen LogP contribution in [0.5, 0.6) is 5.75 Å². The Morgan fingerprint density at radius 1 is 1.20 bits per heavy atom. The van der Waals surface area contributed by atoms with E-state index in [4.69, 9.17) is 10.5 Å². The lowest BCUT2D eigenvalue weighted by Gasteiger charge is -2.18. The van der Waals surface area contributed by atoms with Crippen molar-refractivity contribution in [2.75, 3.05) is 20.0 Å². The van der Waals surface area contributed by atoms with Crippen molar-refractivity contribution >= 4 is 24.9 Å². The molecule has 2 aromatic rings. The maximum Gasteiger partial charge on any atom is 0.360 e. The molecule has 0 bridgehead atoms. The minimum absolute atomic E-state index is 0.0843. The fourth-order valence-electron chi connectivity index (χ4n) is 2.36. The predicted molar refractivity (Wildman–Crippen MR) is 94.9 cm³/mol. The van der Waals surface area contributed by atoms with Crippen LogP contribution in [0.3, 0.4) is 0 Å². The number of aromatic nitrogens is 1. The number of ether oxygens (including phenoxy) is 2. The van der Waals surface area contributed by atoms with Gasteiger partial charge in [0.25, 0.3) is 0 Å². The van der Waals surface area contributed by atoms with E-state index in [2.05, 4.69) is 29.4 Å². The molecule has 8 heteroatoms. The Labute approximate surface area is 145 Å². The molecule has 2 N–H and O–H groups in total. The average molecular weight is 366 g/mol. The second-order valence-corrected chi connectivity index (χ2v) is 11.6. The van der Waals surface area contributed by atoms with Crippen LogP contribution < -0.4 is 15.7 Å². The van der Waals surface area contributed by atoms with Crippen molar-refractivity contribution in [3.8, 4) is 17.0 Å². The molecule has 1 heterocycles. The number of nitrogen functional groups attached to an aromatic ring is 1. The summed E-state index contributed by atoms with van der Waals surface area (Å²) in [4.78, 5) is 15.8. The Morgan fingerprint density at radius 3 is 2.32 bits per heavy atom. The predicted octanol–water partition coefficient (Wildman–Crippen LogP) is 2.95. The Kier molecular flexibility index (Phi) is 5.12. The van der Waals surface area contributed by atoms with Gasteiger partial charge in [0.1, 0.15) is 17.2 Å². The topological polar surface area (TPSA) is 74.4 Å². The number of hydrogen-bond acceptors (Lipinski definition) is 5. The molecule has 1 aromatic heterocycles. The summed E-state index contributed by atoms with van der Waals surface area (Å²) < 4.78 is 38.8. The molecule has 0 fully saturated rings. The molecule has 0 unspecified atom stereocenters. The van der Waals surface area contributed by atoms with Gasteiger partial charge in [-0.2, -0.15) is 0 Å². The molecule has 0 spiro atoms. The van der Waals surface area contributed by atoms with Crippen molar-refractivity contribution < 1.29 is 23.0 Å². The number of nitrogens with two attached hydrogens (primary N) is 1. The molecule has 0 aliphatic heterocycles. The summed E-state index contributed by atoms with van der Waals surface area (Å²) >= 11 is 0. The van der Waals surface area contributed by atoms with Crippen molar-refractivity contribution in [2.24, 2.45) is 0 Å². The lowest BCUT2D eigenvalue weighted by Crippen LogP contribution is -2.37. The largest absolute Gasteiger partial charge is 0.492 e. The Bertz CT molecular complexity index is 836. The van der Waals surface area contributed by atoms with Crippen molar-refractivity contribution in [1.29, 1.82) is 0 Å². The zero-order valence-electron chi connectivity index (χ0n) is 14.7. The van der Waals surface area contributed by atoms with Gasteiger partial charge in [0.05, 0.1) is 22.3 Å². The molecule has 0 saturated heterocycles. The Hall–Kier alpha value is -2.48. The van der Waals surface area contributed by atoms with Crippen LogP contribution in [0.4, 0.5) is 14.5 Å². The minimum Gasteiger partial charge on any atom is -0.492 e. The van der Waals surface area contributed by atoms with Crippen molar-refractivity contribution in [2.45, 2.75) is 19.6 Å². The van der Waals surface area contributed by atoms with E-state index in [1.807, 2.05) is 0 Å². The summed E-state index contributed by atoms with van der Waals surface area (Å²) in [5.74, 6) is -2.69. The molecule has 1 aromatic carbocycles. The Morgan fingerprint density at radius 2 is 1.84 bits per heavy atom. The average Bonchev–Trinajstić information content (AvgIpc) is 2.55. The Balaban J connectivity index is 2.71. The van der Waals surface area contributed by atoms with E-state index in [9.17, 15) is 13.6 Å². The van der Waals surface area contributed by atoms with Gasteiger partial charge in [-0.15, -0.1) is 0 Å². The van der Waals surface area contributed by atoms with Gasteiger partial charge in [-0.05, 0) is 12.1 Å². The highest BCUT2D eigenvalue weighted by Crippen LogP contribution is 2.35. The maximum absolute atomic E-state index is 14.6. The highest BCUT2D eigenvalue weighted by atomic mass is 28.3. The molecule has 134 valence electrons.